The molecule has 2 heterocycles. The maximum absolute atomic E-state index is 11.4. The van der Waals surface area contributed by atoms with Gasteiger partial charge >= 0.3 is 0 Å². The Labute approximate surface area is 75.5 Å². The van der Waals surface area contributed by atoms with E-state index < -0.39 is 0 Å². The Balaban J connectivity index is 2.33. The van der Waals surface area contributed by atoms with Gasteiger partial charge in [0.2, 0.25) is 0 Å². The molecule has 0 bridgehead atoms. The highest BCUT2D eigenvalue weighted by molar-refractivity contribution is 6.07. The van der Waals surface area contributed by atoms with Crippen molar-refractivity contribution in [2.75, 3.05) is 11.9 Å². The molecule has 13 heavy (non-hydrogen) atoms. The SMILES string of the molecule is O=C1N=CC2CNc3cccc1c32. The monoisotopic (exact) mass is 172 g/mol. The van der Waals surface area contributed by atoms with Crippen LogP contribution in [0.1, 0.15) is 21.8 Å². The van der Waals surface area contributed by atoms with Crippen LogP contribution < -0.4 is 5.32 Å². The molecule has 0 aliphatic carbocycles. The molecule has 64 valence electrons. The number of nitrogens with one attached hydrogen (secondary N) is 1. The van der Waals surface area contributed by atoms with Crippen LogP contribution in [0.15, 0.2) is 23.2 Å². The van der Waals surface area contributed by atoms with E-state index in [2.05, 4.69) is 10.3 Å². The van der Waals surface area contributed by atoms with Gasteiger partial charge in [0.1, 0.15) is 0 Å². The summed E-state index contributed by atoms with van der Waals surface area (Å²) in [4.78, 5) is 15.2. The summed E-state index contributed by atoms with van der Waals surface area (Å²) in [6.07, 6.45) is 1.74. The number of carbonyl (C=O) groups is 1. The van der Waals surface area contributed by atoms with Crippen LogP contribution in [-0.4, -0.2) is 18.7 Å². The lowest BCUT2D eigenvalue weighted by Crippen LogP contribution is -2.12. The zero-order valence-corrected chi connectivity index (χ0v) is 6.95. The third kappa shape index (κ3) is 0.786. The minimum absolute atomic E-state index is 0.114. The Bertz CT molecular complexity index is 423. The summed E-state index contributed by atoms with van der Waals surface area (Å²) in [5, 5.41) is 3.26. The number of hydrogen-bond acceptors (Lipinski definition) is 2. The smallest absolute Gasteiger partial charge is 0.277 e. The minimum Gasteiger partial charge on any atom is -0.384 e. The summed E-state index contributed by atoms with van der Waals surface area (Å²) in [5.41, 5.74) is 2.97. The number of amides is 1. The van der Waals surface area contributed by atoms with Crippen molar-refractivity contribution in [3.05, 3.63) is 29.3 Å². The summed E-state index contributed by atoms with van der Waals surface area (Å²) in [6.45, 7) is 0.864. The number of rotatable bonds is 0. The Hall–Kier alpha value is -1.64. The van der Waals surface area contributed by atoms with E-state index in [-0.39, 0.29) is 5.91 Å². The zero-order valence-electron chi connectivity index (χ0n) is 6.95. The second-order valence-corrected chi connectivity index (χ2v) is 3.34. The van der Waals surface area contributed by atoms with Crippen molar-refractivity contribution in [1.29, 1.82) is 0 Å². The summed E-state index contributed by atoms with van der Waals surface area (Å²) in [6, 6.07) is 5.74. The molecule has 0 spiro atoms. The topological polar surface area (TPSA) is 41.5 Å². The van der Waals surface area contributed by atoms with E-state index >= 15 is 0 Å². The lowest BCUT2D eigenvalue weighted by Gasteiger charge is -2.12. The Morgan fingerprint density at radius 1 is 1.46 bits per heavy atom. The number of aliphatic imine (C=N–C) groups is 1. The van der Waals surface area contributed by atoms with Crippen molar-refractivity contribution < 1.29 is 4.79 Å². The van der Waals surface area contributed by atoms with Crippen molar-refractivity contribution in [2.45, 2.75) is 5.92 Å². The third-order valence-corrected chi connectivity index (χ3v) is 2.59. The van der Waals surface area contributed by atoms with Gasteiger partial charge in [0.05, 0.1) is 0 Å². The second kappa shape index (κ2) is 2.19. The van der Waals surface area contributed by atoms with Gasteiger partial charge in [-0.3, -0.25) is 4.79 Å². The molecule has 1 aromatic rings. The van der Waals surface area contributed by atoms with Crippen LogP contribution in [0, 0.1) is 0 Å². The summed E-state index contributed by atoms with van der Waals surface area (Å²) in [5.74, 6) is 0.181. The van der Waals surface area contributed by atoms with Crippen LogP contribution in [0.4, 0.5) is 5.69 Å². The Morgan fingerprint density at radius 2 is 2.38 bits per heavy atom. The molecule has 2 aliphatic heterocycles. The average Bonchev–Trinajstić information content (AvgIpc) is 2.57. The van der Waals surface area contributed by atoms with Gasteiger partial charge in [0, 0.05) is 29.9 Å². The van der Waals surface area contributed by atoms with Crippen LogP contribution in [0.2, 0.25) is 0 Å². The van der Waals surface area contributed by atoms with Gasteiger partial charge in [0.25, 0.3) is 5.91 Å². The molecule has 3 rings (SSSR count). The Kier molecular flexibility index (Phi) is 1.15. The highest BCUT2D eigenvalue weighted by Crippen LogP contribution is 2.35. The molecule has 3 nitrogen and oxygen atoms in total. The van der Waals surface area contributed by atoms with E-state index in [1.54, 1.807) is 6.21 Å². The molecule has 2 aliphatic rings. The van der Waals surface area contributed by atoms with E-state index in [0.29, 0.717) is 5.92 Å². The number of anilines is 1. The first-order chi connectivity index (χ1) is 6.36. The van der Waals surface area contributed by atoms with Gasteiger partial charge in [-0.05, 0) is 17.7 Å². The number of benzene rings is 1. The highest BCUT2D eigenvalue weighted by Gasteiger charge is 2.29. The first-order valence-corrected chi connectivity index (χ1v) is 4.31. The van der Waals surface area contributed by atoms with E-state index in [1.165, 1.54) is 0 Å². The largest absolute Gasteiger partial charge is 0.384 e. The predicted octanol–water partition coefficient (Wildman–Crippen LogP) is 1.42. The standard InChI is InChI=1S/C10H8N2O/c13-10-7-2-1-3-8-9(7)6(4-11-8)5-12-10/h1-3,5-6,11H,4H2. The molecule has 0 aromatic heterocycles. The molecular weight excluding hydrogens is 164 g/mol. The van der Waals surface area contributed by atoms with Crippen molar-refractivity contribution >= 4 is 17.8 Å². The fourth-order valence-electron chi connectivity index (χ4n) is 1.98. The van der Waals surface area contributed by atoms with Gasteiger partial charge < -0.3 is 5.32 Å². The molecule has 1 atom stereocenters. The fraction of sp³-hybridized carbons (Fsp3) is 0.200. The lowest BCUT2D eigenvalue weighted by molar-refractivity contribution is 0.100. The van der Waals surface area contributed by atoms with Crippen LogP contribution in [0.25, 0.3) is 0 Å². The molecule has 0 saturated carbocycles. The van der Waals surface area contributed by atoms with Gasteiger partial charge in [0.15, 0.2) is 0 Å². The summed E-state index contributed by atoms with van der Waals surface area (Å²) >= 11 is 0. The number of nitrogens with zero attached hydrogens (tertiary/aromatic N) is 1. The van der Waals surface area contributed by atoms with Gasteiger partial charge in [-0.15, -0.1) is 0 Å². The molecule has 1 amide bonds. The van der Waals surface area contributed by atoms with Crippen molar-refractivity contribution in [3.63, 3.8) is 0 Å². The number of carbonyl (C=O) groups excluding carboxylic acids is 1. The van der Waals surface area contributed by atoms with E-state index in [0.717, 1.165) is 23.4 Å². The molecule has 0 radical (unpaired) electrons. The summed E-state index contributed by atoms with van der Waals surface area (Å²) < 4.78 is 0. The van der Waals surface area contributed by atoms with Crippen LogP contribution >= 0.6 is 0 Å². The van der Waals surface area contributed by atoms with Crippen molar-refractivity contribution in [1.82, 2.24) is 0 Å². The minimum atomic E-state index is -0.114. The second-order valence-electron chi connectivity index (χ2n) is 3.34. The lowest BCUT2D eigenvalue weighted by atomic mass is 9.94. The zero-order chi connectivity index (χ0) is 8.84. The quantitative estimate of drug-likeness (QED) is 0.643. The fourth-order valence-corrected chi connectivity index (χ4v) is 1.98. The first-order valence-electron chi connectivity index (χ1n) is 4.31. The van der Waals surface area contributed by atoms with E-state index in [9.17, 15) is 4.79 Å². The third-order valence-electron chi connectivity index (χ3n) is 2.59. The van der Waals surface area contributed by atoms with Gasteiger partial charge in [-0.1, -0.05) is 6.07 Å². The van der Waals surface area contributed by atoms with Crippen molar-refractivity contribution in [2.24, 2.45) is 4.99 Å². The summed E-state index contributed by atoms with van der Waals surface area (Å²) in [7, 11) is 0. The van der Waals surface area contributed by atoms with Gasteiger partial charge in [-0.2, -0.15) is 0 Å². The molecule has 1 aromatic carbocycles. The van der Waals surface area contributed by atoms with Crippen molar-refractivity contribution in [3.8, 4) is 0 Å². The van der Waals surface area contributed by atoms with E-state index in [4.69, 9.17) is 0 Å². The average molecular weight is 172 g/mol. The van der Waals surface area contributed by atoms with Crippen LogP contribution in [0.3, 0.4) is 0 Å². The maximum atomic E-state index is 11.4. The van der Waals surface area contributed by atoms with Crippen LogP contribution in [-0.2, 0) is 0 Å². The molecule has 0 saturated heterocycles. The van der Waals surface area contributed by atoms with E-state index in [1.807, 2.05) is 18.2 Å². The first kappa shape index (κ1) is 6.83. The maximum Gasteiger partial charge on any atom is 0.277 e. The number of hydrogen-bond donors (Lipinski definition) is 1. The normalized spacial score (nSPS) is 22.8. The molecule has 1 N–H and O–H groups in total. The van der Waals surface area contributed by atoms with Gasteiger partial charge in [-0.25, -0.2) is 4.99 Å². The van der Waals surface area contributed by atoms with Crippen LogP contribution in [0.5, 0.6) is 0 Å². The predicted molar refractivity (Wildman–Crippen MR) is 50.5 cm³/mol. The molecule has 1 unspecified atom stereocenters. The molecular formula is C10H8N2O. The highest BCUT2D eigenvalue weighted by atomic mass is 16.1. The Morgan fingerprint density at radius 3 is 3.31 bits per heavy atom. The molecule has 3 heteroatoms. The molecule has 0 fully saturated rings.